The summed E-state index contributed by atoms with van der Waals surface area (Å²) in [6.07, 6.45) is 1.83. The van der Waals surface area contributed by atoms with Gasteiger partial charge in [0.15, 0.2) is 0 Å². The number of hydrogen-bond donors (Lipinski definition) is 2. The Kier molecular flexibility index (Phi) is 5.44. The van der Waals surface area contributed by atoms with Gasteiger partial charge in [-0.15, -0.1) is 0 Å². The number of rotatable bonds is 4. The Balaban J connectivity index is 1.99. The predicted octanol–water partition coefficient (Wildman–Crippen LogP) is 4.84. The smallest absolute Gasteiger partial charge is 0.256 e. The molecule has 1 amide bonds. The number of carbonyl (C=O) groups excluding carboxylic acids is 1. The van der Waals surface area contributed by atoms with Gasteiger partial charge in [-0.05, 0) is 67.8 Å². The summed E-state index contributed by atoms with van der Waals surface area (Å²) in [5, 5.41) is 11.7. The topological polar surface area (TPSA) is 58.6 Å². The van der Waals surface area contributed by atoms with Crippen LogP contribution in [0.1, 0.15) is 11.1 Å². The van der Waals surface area contributed by atoms with Crippen LogP contribution >= 0.6 is 47.8 Å². The minimum absolute atomic E-state index is 0.0583. The number of anilines is 1. The van der Waals surface area contributed by atoms with Gasteiger partial charge in [0, 0.05) is 15.6 Å². The highest BCUT2D eigenvalue weighted by molar-refractivity contribution is 9.11. The van der Waals surface area contributed by atoms with Gasteiger partial charge in [-0.25, -0.2) is 0 Å². The van der Waals surface area contributed by atoms with Crippen molar-refractivity contribution in [3.63, 3.8) is 0 Å². The first-order valence-electron chi connectivity index (χ1n) is 7.05. The molecular weight excluding hydrogens is 506 g/mol. The lowest BCUT2D eigenvalue weighted by atomic mass is 10.0. The third-order valence-electron chi connectivity index (χ3n) is 3.43. The summed E-state index contributed by atoms with van der Waals surface area (Å²) in [7, 11) is 0. The first-order valence-corrected chi connectivity index (χ1v) is 9.43. The van der Waals surface area contributed by atoms with Crippen LogP contribution in [-0.4, -0.2) is 24.2 Å². The van der Waals surface area contributed by atoms with Crippen molar-refractivity contribution in [2.24, 2.45) is 0 Å². The van der Waals surface area contributed by atoms with E-state index in [1.807, 2.05) is 36.4 Å². The van der Waals surface area contributed by atoms with Gasteiger partial charge in [-0.2, -0.15) is 0 Å². The molecular formula is C17H12Br3NO3. The molecule has 0 saturated carbocycles. The zero-order chi connectivity index (χ0) is 17.3. The van der Waals surface area contributed by atoms with Crippen molar-refractivity contribution in [3.8, 4) is 5.75 Å². The molecule has 24 heavy (non-hydrogen) atoms. The monoisotopic (exact) mass is 515 g/mol. The van der Waals surface area contributed by atoms with Crippen molar-refractivity contribution in [2.45, 2.75) is 0 Å². The number of aliphatic hydroxyl groups is 1. The molecule has 1 aliphatic rings. The maximum Gasteiger partial charge on any atom is 0.256 e. The Labute approximate surface area is 164 Å². The molecule has 1 aliphatic heterocycles. The van der Waals surface area contributed by atoms with Gasteiger partial charge in [-0.1, -0.05) is 22.0 Å². The number of benzene rings is 2. The number of ether oxygens (including phenoxy) is 1. The lowest BCUT2D eigenvalue weighted by molar-refractivity contribution is -0.110. The molecule has 0 unspecified atom stereocenters. The summed E-state index contributed by atoms with van der Waals surface area (Å²) < 4.78 is 7.88. The summed E-state index contributed by atoms with van der Waals surface area (Å²) in [4.78, 5) is 12.3. The molecule has 2 aromatic carbocycles. The average Bonchev–Trinajstić information content (AvgIpc) is 2.81. The van der Waals surface area contributed by atoms with E-state index in [2.05, 4.69) is 53.1 Å². The van der Waals surface area contributed by atoms with E-state index in [1.54, 1.807) is 0 Å². The largest absolute Gasteiger partial charge is 0.489 e. The van der Waals surface area contributed by atoms with E-state index in [-0.39, 0.29) is 19.1 Å². The highest BCUT2D eigenvalue weighted by Gasteiger charge is 2.24. The molecule has 0 aromatic heterocycles. The second kappa shape index (κ2) is 7.39. The van der Waals surface area contributed by atoms with Gasteiger partial charge in [0.05, 0.1) is 21.2 Å². The van der Waals surface area contributed by atoms with Crippen molar-refractivity contribution >= 4 is 71.0 Å². The minimum atomic E-state index is -0.129. The second-order valence-corrected chi connectivity index (χ2v) is 7.71. The quantitative estimate of drug-likeness (QED) is 0.571. The van der Waals surface area contributed by atoms with Gasteiger partial charge in [0.2, 0.25) is 0 Å². The van der Waals surface area contributed by atoms with E-state index in [0.29, 0.717) is 11.3 Å². The van der Waals surface area contributed by atoms with Crippen molar-refractivity contribution in [2.75, 3.05) is 18.5 Å². The number of fused-ring (bicyclic) bond motifs is 1. The van der Waals surface area contributed by atoms with Crippen LogP contribution in [0.15, 0.2) is 43.7 Å². The molecule has 2 N–H and O–H groups in total. The van der Waals surface area contributed by atoms with Crippen LogP contribution in [0.3, 0.4) is 0 Å². The third kappa shape index (κ3) is 3.59. The first kappa shape index (κ1) is 17.7. The standard InChI is InChI=1S/C17H12Br3NO3/c18-10-1-2-11-12(17(23)21-15(11)8-10)5-9-6-13(19)16(14(20)7-9)24-4-3-22/h1-2,5-8,22H,3-4H2,(H,21,23)/b12-5-. The zero-order valence-electron chi connectivity index (χ0n) is 12.3. The lowest BCUT2D eigenvalue weighted by Gasteiger charge is -2.10. The molecule has 124 valence electrons. The van der Waals surface area contributed by atoms with Crippen LogP contribution in [0.25, 0.3) is 11.6 Å². The number of amides is 1. The van der Waals surface area contributed by atoms with E-state index >= 15 is 0 Å². The van der Waals surface area contributed by atoms with Crippen molar-refractivity contribution in [1.82, 2.24) is 0 Å². The molecule has 1 heterocycles. The highest BCUT2D eigenvalue weighted by atomic mass is 79.9. The number of hydrogen-bond acceptors (Lipinski definition) is 3. The number of aliphatic hydroxyl groups excluding tert-OH is 1. The van der Waals surface area contributed by atoms with E-state index in [0.717, 1.165) is 30.2 Å². The third-order valence-corrected chi connectivity index (χ3v) is 5.11. The number of carbonyl (C=O) groups is 1. The maximum atomic E-state index is 12.3. The fourth-order valence-corrected chi connectivity index (χ4v) is 4.24. The van der Waals surface area contributed by atoms with E-state index < -0.39 is 0 Å². The SMILES string of the molecule is O=C1Nc2cc(Br)ccc2/C1=C/c1cc(Br)c(OCCO)c(Br)c1. The molecule has 0 radical (unpaired) electrons. The van der Waals surface area contributed by atoms with Crippen LogP contribution in [0.2, 0.25) is 0 Å². The van der Waals surface area contributed by atoms with Crippen LogP contribution < -0.4 is 10.1 Å². The van der Waals surface area contributed by atoms with Crippen LogP contribution in [0.4, 0.5) is 5.69 Å². The van der Waals surface area contributed by atoms with Crippen LogP contribution in [0.5, 0.6) is 5.75 Å². The summed E-state index contributed by atoms with van der Waals surface area (Å²) in [5.41, 5.74) is 3.13. The molecule has 2 aromatic rings. The molecule has 0 fully saturated rings. The van der Waals surface area contributed by atoms with Crippen molar-refractivity contribution < 1.29 is 14.6 Å². The fraction of sp³-hybridized carbons (Fsp3) is 0.118. The Bertz CT molecular complexity index is 826. The number of nitrogens with one attached hydrogen (secondary N) is 1. The average molecular weight is 518 g/mol. The summed E-state index contributed by atoms with van der Waals surface area (Å²) >= 11 is 10.3. The van der Waals surface area contributed by atoms with Gasteiger partial charge in [0.25, 0.3) is 5.91 Å². The molecule has 0 saturated heterocycles. The molecule has 0 atom stereocenters. The molecule has 0 aliphatic carbocycles. The van der Waals surface area contributed by atoms with E-state index in [9.17, 15) is 4.79 Å². The molecule has 0 spiro atoms. The van der Waals surface area contributed by atoms with Crippen molar-refractivity contribution in [3.05, 3.63) is 54.9 Å². The molecule has 3 rings (SSSR count). The van der Waals surface area contributed by atoms with Gasteiger partial charge in [0.1, 0.15) is 12.4 Å². The Morgan fingerprint density at radius 1 is 1.12 bits per heavy atom. The van der Waals surface area contributed by atoms with E-state index in [4.69, 9.17) is 9.84 Å². The second-order valence-electron chi connectivity index (χ2n) is 5.09. The number of halogens is 3. The predicted molar refractivity (Wildman–Crippen MR) is 105 cm³/mol. The Hall–Kier alpha value is -1.15. The summed E-state index contributed by atoms with van der Waals surface area (Å²) in [6.45, 7) is 0.152. The van der Waals surface area contributed by atoms with Gasteiger partial charge < -0.3 is 15.2 Å². The Morgan fingerprint density at radius 2 is 1.83 bits per heavy atom. The molecule has 0 bridgehead atoms. The van der Waals surface area contributed by atoms with Gasteiger partial charge in [-0.3, -0.25) is 4.79 Å². The molecule has 4 nitrogen and oxygen atoms in total. The van der Waals surface area contributed by atoms with Crippen LogP contribution in [-0.2, 0) is 4.79 Å². The zero-order valence-corrected chi connectivity index (χ0v) is 17.0. The van der Waals surface area contributed by atoms with Crippen LogP contribution in [0, 0.1) is 0 Å². The highest BCUT2D eigenvalue weighted by Crippen LogP contribution is 2.38. The van der Waals surface area contributed by atoms with E-state index in [1.165, 1.54) is 0 Å². The fourth-order valence-electron chi connectivity index (χ4n) is 2.43. The summed E-state index contributed by atoms with van der Waals surface area (Å²) in [6, 6.07) is 9.44. The summed E-state index contributed by atoms with van der Waals surface area (Å²) in [5.74, 6) is 0.488. The van der Waals surface area contributed by atoms with Crippen molar-refractivity contribution in [1.29, 1.82) is 0 Å². The lowest BCUT2D eigenvalue weighted by Crippen LogP contribution is -2.04. The first-order chi connectivity index (χ1) is 11.5. The maximum absolute atomic E-state index is 12.3. The van der Waals surface area contributed by atoms with Gasteiger partial charge >= 0.3 is 0 Å². The Morgan fingerprint density at radius 3 is 2.50 bits per heavy atom. The normalized spacial score (nSPS) is 14.7. The molecule has 7 heteroatoms. The minimum Gasteiger partial charge on any atom is -0.489 e.